The number of halogens is 3. The molecule has 0 radical (unpaired) electrons. The van der Waals surface area contributed by atoms with E-state index in [2.05, 4.69) is 16.4 Å². The number of hydrogen-bond donors (Lipinski definition) is 2. The monoisotopic (exact) mass is 452 g/mol. The molecule has 1 aliphatic rings. The summed E-state index contributed by atoms with van der Waals surface area (Å²) in [7, 11) is 0. The number of carbonyl (C=O) groups is 3. The minimum absolute atomic E-state index is 0.0750. The van der Waals surface area contributed by atoms with Crippen LogP contribution in [0.2, 0.25) is 0 Å². The Kier molecular flexibility index (Phi) is 7.49. The third-order valence-electron chi connectivity index (χ3n) is 4.93. The van der Waals surface area contributed by atoms with Gasteiger partial charge in [-0.05, 0) is 44.2 Å². The van der Waals surface area contributed by atoms with E-state index in [4.69, 9.17) is 4.74 Å². The van der Waals surface area contributed by atoms with Crippen LogP contribution in [0.4, 0.5) is 18.0 Å². The number of hydrogen-bond acceptors (Lipinski definition) is 5. The Balaban J connectivity index is 1.47. The molecule has 172 valence electrons. The molecule has 0 spiro atoms. The van der Waals surface area contributed by atoms with Gasteiger partial charge in [0.2, 0.25) is 5.82 Å². The number of nitrogens with one attached hydrogen (secondary N) is 2. The van der Waals surface area contributed by atoms with Gasteiger partial charge in [0.25, 0.3) is 5.91 Å². The van der Waals surface area contributed by atoms with Gasteiger partial charge in [-0.15, -0.1) is 0 Å². The van der Waals surface area contributed by atoms with E-state index >= 15 is 0 Å². The van der Waals surface area contributed by atoms with E-state index in [1.807, 2.05) is 5.32 Å². The van der Waals surface area contributed by atoms with Crippen molar-refractivity contribution in [3.63, 3.8) is 0 Å². The molecule has 0 atom stereocenters. The Bertz CT molecular complexity index is 1030. The van der Waals surface area contributed by atoms with Crippen LogP contribution < -0.4 is 10.6 Å². The summed E-state index contributed by atoms with van der Waals surface area (Å²) in [6, 6.07) is 5.10. The van der Waals surface area contributed by atoms with Gasteiger partial charge >= 0.3 is 18.2 Å². The van der Waals surface area contributed by atoms with Crippen molar-refractivity contribution in [2.24, 2.45) is 0 Å². The number of urea groups is 1. The normalized spacial score (nSPS) is 14.0. The predicted molar refractivity (Wildman–Crippen MR) is 108 cm³/mol. The molecular formula is C21H23F3N4O4. The lowest BCUT2D eigenvalue weighted by molar-refractivity contribution is -0.153. The summed E-state index contributed by atoms with van der Waals surface area (Å²) in [5, 5.41) is 4.55. The average Bonchev–Trinajstić information content (AvgIpc) is 3.12. The molecule has 3 rings (SSSR count). The highest BCUT2D eigenvalue weighted by atomic mass is 19.4. The van der Waals surface area contributed by atoms with Crippen molar-refractivity contribution in [1.82, 2.24) is 20.2 Å². The standard InChI is InChI=1S/C21H23F3N4O4/c22-21(23,24)19-26-15-8-4-5-9-16(15)28(19)12-18(30)32-13-17(29)27-20(31)25-11-10-14-6-2-1-3-7-14/h4-6,8-9H,1-3,7,10-13H2,(H2,25,27,29,31). The fraction of sp³-hybridized carbons (Fsp3) is 0.429. The van der Waals surface area contributed by atoms with Crippen LogP contribution in [0.3, 0.4) is 0 Å². The van der Waals surface area contributed by atoms with Gasteiger partial charge in [0, 0.05) is 6.54 Å². The number of amides is 3. The number of allylic oxidation sites excluding steroid dienone is 1. The fourth-order valence-electron chi connectivity index (χ4n) is 3.45. The van der Waals surface area contributed by atoms with Crippen LogP contribution in [0.1, 0.15) is 37.9 Å². The van der Waals surface area contributed by atoms with E-state index in [9.17, 15) is 27.6 Å². The van der Waals surface area contributed by atoms with Gasteiger partial charge in [0.1, 0.15) is 6.54 Å². The number of benzene rings is 1. The summed E-state index contributed by atoms with van der Waals surface area (Å²) < 4.78 is 45.2. The Hall–Kier alpha value is -3.37. The molecular weight excluding hydrogens is 429 g/mol. The Morgan fingerprint density at radius 1 is 1.16 bits per heavy atom. The van der Waals surface area contributed by atoms with Crippen molar-refractivity contribution in [3.05, 3.63) is 41.7 Å². The first-order valence-electron chi connectivity index (χ1n) is 10.2. The number of para-hydroxylation sites is 2. The Morgan fingerprint density at radius 2 is 1.94 bits per heavy atom. The minimum Gasteiger partial charge on any atom is -0.454 e. The molecule has 2 N–H and O–H groups in total. The molecule has 1 aromatic carbocycles. The van der Waals surface area contributed by atoms with E-state index in [1.165, 1.54) is 36.3 Å². The number of esters is 1. The van der Waals surface area contributed by atoms with E-state index in [0.29, 0.717) is 17.5 Å². The summed E-state index contributed by atoms with van der Waals surface area (Å²) in [6.45, 7) is -1.23. The number of nitrogens with zero attached hydrogens (tertiary/aromatic N) is 2. The summed E-state index contributed by atoms with van der Waals surface area (Å²) >= 11 is 0. The molecule has 0 unspecified atom stereocenters. The van der Waals surface area contributed by atoms with E-state index in [-0.39, 0.29) is 11.0 Å². The van der Waals surface area contributed by atoms with Crippen molar-refractivity contribution < 1.29 is 32.3 Å². The van der Waals surface area contributed by atoms with Crippen molar-refractivity contribution in [1.29, 1.82) is 0 Å². The van der Waals surface area contributed by atoms with Crippen LogP contribution in [0.5, 0.6) is 0 Å². The molecule has 11 heteroatoms. The molecule has 0 aliphatic heterocycles. The number of carbonyl (C=O) groups excluding carboxylic acids is 3. The molecule has 0 bridgehead atoms. The average molecular weight is 452 g/mol. The first-order valence-corrected chi connectivity index (χ1v) is 10.2. The Labute approximate surface area is 181 Å². The van der Waals surface area contributed by atoms with Crippen LogP contribution in [-0.2, 0) is 27.0 Å². The third kappa shape index (κ3) is 6.32. The molecule has 0 saturated carbocycles. The molecule has 3 amide bonds. The van der Waals surface area contributed by atoms with Crippen LogP contribution in [-0.4, -0.2) is 40.6 Å². The van der Waals surface area contributed by atoms with Gasteiger partial charge in [-0.1, -0.05) is 23.8 Å². The van der Waals surface area contributed by atoms with E-state index < -0.39 is 43.1 Å². The highest BCUT2D eigenvalue weighted by Crippen LogP contribution is 2.31. The third-order valence-corrected chi connectivity index (χ3v) is 4.93. The largest absolute Gasteiger partial charge is 0.454 e. The van der Waals surface area contributed by atoms with Crippen molar-refractivity contribution in [2.75, 3.05) is 13.2 Å². The van der Waals surface area contributed by atoms with Gasteiger partial charge < -0.3 is 14.6 Å². The quantitative estimate of drug-likeness (QED) is 0.496. The smallest absolute Gasteiger partial charge is 0.449 e. The van der Waals surface area contributed by atoms with Gasteiger partial charge in [-0.25, -0.2) is 9.78 Å². The second-order valence-corrected chi connectivity index (χ2v) is 7.33. The molecule has 0 saturated heterocycles. The predicted octanol–water partition coefficient (Wildman–Crippen LogP) is 3.31. The highest BCUT2D eigenvalue weighted by molar-refractivity contribution is 5.95. The zero-order valence-corrected chi connectivity index (χ0v) is 17.2. The first kappa shape index (κ1) is 23.3. The van der Waals surface area contributed by atoms with E-state index in [1.54, 1.807) is 0 Å². The summed E-state index contributed by atoms with van der Waals surface area (Å²) in [5.41, 5.74) is 1.45. The van der Waals surface area contributed by atoms with Crippen LogP contribution >= 0.6 is 0 Å². The maximum Gasteiger partial charge on any atom is 0.449 e. The van der Waals surface area contributed by atoms with Crippen LogP contribution in [0.25, 0.3) is 11.0 Å². The molecule has 1 aliphatic carbocycles. The van der Waals surface area contributed by atoms with Gasteiger partial charge in [-0.2, -0.15) is 13.2 Å². The maximum atomic E-state index is 13.3. The molecule has 1 heterocycles. The van der Waals surface area contributed by atoms with Gasteiger partial charge in [-0.3, -0.25) is 14.9 Å². The SMILES string of the molecule is O=C(COC(=O)Cn1c(C(F)(F)F)nc2ccccc21)NC(=O)NCCC1=CCCCC1. The summed E-state index contributed by atoms with van der Waals surface area (Å²) in [6.07, 6.45) is 2.40. The second-order valence-electron chi connectivity index (χ2n) is 7.33. The van der Waals surface area contributed by atoms with Crippen molar-refractivity contribution in [2.45, 2.75) is 44.8 Å². The van der Waals surface area contributed by atoms with Crippen LogP contribution in [0.15, 0.2) is 35.9 Å². The zero-order chi connectivity index (χ0) is 23.1. The van der Waals surface area contributed by atoms with E-state index in [0.717, 1.165) is 19.3 Å². The molecule has 32 heavy (non-hydrogen) atoms. The van der Waals surface area contributed by atoms with Crippen molar-refractivity contribution in [3.8, 4) is 0 Å². The molecule has 8 nitrogen and oxygen atoms in total. The summed E-state index contributed by atoms with van der Waals surface area (Å²) in [4.78, 5) is 39.1. The first-order chi connectivity index (χ1) is 15.2. The number of imide groups is 1. The topological polar surface area (TPSA) is 102 Å². The van der Waals surface area contributed by atoms with Gasteiger partial charge in [0.15, 0.2) is 6.61 Å². The zero-order valence-electron chi connectivity index (χ0n) is 17.2. The van der Waals surface area contributed by atoms with Crippen molar-refractivity contribution >= 4 is 28.9 Å². The lowest BCUT2D eigenvalue weighted by Gasteiger charge is -2.13. The fourth-order valence-corrected chi connectivity index (χ4v) is 3.45. The number of rotatable bonds is 7. The maximum absolute atomic E-state index is 13.3. The summed E-state index contributed by atoms with van der Waals surface area (Å²) in [5.74, 6) is -3.20. The number of alkyl halides is 3. The minimum atomic E-state index is -4.78. The lowest BCUT2D eigenvalue weighted by atomic mass is 9.97. The second kappa shape index (κ2) is 10.3. The molecule has 0 fully saturated rings. The number of fused-ring (bicyclic) bond motifs is 1. The van der Waals surface area contributed by atoms with Gasteiger partial charge in [0.05, 0.1) is 11.0 Å². The molecule has 2 aromatic rings. The number of ether oxygens (including phenoxy) is 1. The van der Waals surface area contributed by atoms with Crippen LogP contribution in [0, 0.1) is 0 Å². The number of imidazole rings is 1. The highest BCUT2D eigenvalue weighted by Gasteiger charge is 2.38. The Morgan fingerprint density at radius 3 is 2.66 bits per heavy atom. The number of aromatic nitrogens is 2. The molecule has 1 aromatic heterocycles. The lowest BCUT2D eigenvalue weighted by Crippen LogP contribution is -2.42.